The molecule has 3 rings (SSSR count). The molecule has 0 saturated heterocycles. The summed E-state index contributed by atoms with van der Waals surface area (Å²) >= 11 is 0. The first-order valence-electron chi connectivity index (χ1n) is 6.58. The summed E-state index contributed by atoms with van der Waals surface area (Å²) in [5, 5.41) is 13.1. The molecule has 0 fully saturated rings. The van der Waals surface area contributed by atoms with Crippen LogP contribution in [0.2, 0.25) is 0 Å². The zero-order valence-electron chi connectivity index (χ0n) is 11.3. The molecule has 0 unspecified atom stereocenters. The fraction of sp³-hybridized carbons (Fsp3) is 0.267. The summed E-state index contributed by atoms with van der Waals surface area (Å²) in [6, 6.07) is 11.6. The van der Waals surface area contributed by atoms with Gasteiger partial charge in [-0.05, 0) is 24.3 Å². The van der Waals surface area contributed by atoms with Crippen LogP contribution in [0.4, 0.5) is 0 Å². The Labute approximate surface area is 116 Å². The molecule has 104 valence electrons. The first-order valence-corrected chi connectivity index (χ1v) is 6.58. The molecule has 5 heteroatoms. The molecular formula is C15H17N3O2. The van der Waals surface area contributed by atoms with Crippen molar-refractivity contribution in [2.75, 3.05) is 6.54 Å². The second-order valence-electron chi connectivity index (χ2n) is 4.74. The maximum Gasteiger partial charge on any atom is 0.133 e. The second-order valence-corrected chi connectivity index (χ2v) is 4.74. The SMILES string of the molecule is Cn1c(CNC[C@@H](O)c2ccco2)nc2ccccc21. The van der Waals surface area contributed by atoms with Gasteiger partial charge in [0.25, 0.3) is 0 Å². The summed E-state index contributed by atoms with van der Waals surface area (Å²) in [5.41, 5.74) is 2.09. The molecule has 2 heterocycles. The van der Waals surface area contributed by atoms with Crippen LogP contribution in [0, 0.1) is 0 Å². The van der Waals surface area contributed by atoms with E-state index in [1.54, 1.807) is 18.4 Å². The number of nitrogens with zero attached hydrogens (tertiary/aromatic N) is 2. The topological polar surface area (TPSA) is 63.2 Å². The first-order chi connectivity index (χ1) is 9.75. The molecule has 0 radical (unpaired) electrons. The fourth-order valence-electron chi connectivity index (χ4n) is 2.26. The Bertz CT molecular complexity index is 688. The Balaban J connectivity index is 1.64. The first kappa shape index (κ1) is 12.9. The number of imidazole rings is 1. The van der Waals surface area contributed by atoms with Gasteiger partial charge in [-0.3, -0.25) is 0 Å². The van der Waals surface area contributed by atoms with Gasteiger partial charge in [-0.2, -0.15) is 0 Å². The highest BCUT2D eigenvalue weighted by Gasteiger charge is 2.11. The molecule has 2 N–H and O–H groups in total. The summed E-state index contributed by atoms with van der Waals surface area (Å²) < 4.78 is 7.22. The molecule has 0 saturated carbocycles. The van der Waals surface area contributed by atoms with Gasteiger partial charge in [0.15, 0.2) is 0 Å². The lowest BCUT2D eigenvalue weighted by atomic mass is 10.3. The number of aliphatic hydroxyl groups excluding tert-OH is 1. The summed E-state index contributed by atoms with van der Waals surface area (Å²) in [4.78, 5) is 4.57. The standard InChI is InChI=1S/C15H17N3O2/c1-18-12-6-3-2-5-11(12)17-15(18)10-16-9-13(19)14-7-4-8-20-14/h2-8,13,16,19H,9-10H2,1H3/t13-/m1/s1. The summed E-state index contributed by atoms with van der Waals surface area (Å²) in [5.74, 6) is 1.51. The van der Waals surface area contributed by atoms with Crippen LogP contribution < -0.4 is 5.32 Å². The fourth-order valence-corrected chi connectivity index (χ4v) is 2.26. The van der Waals surface area contributed by atoms with Crippen molar-refractivity contribution in [3.63, 3.8) is 0 Å². The van der Waals surface area contributed by atoms with E-state index in [2.05, 4.69) is 14.9 Å². The number of aliphatic hydroxyl groups is 1. The predicted octanol–water partition coefficient (Wildman–Crippen LogP) is 1.99. The van der Waals surface area contributed by atoms with E-state index in [1.807, 2.05) is 31.3 Å². The Morgan fingerprint density at radius 3 is 2.90 bits per heavy atom. The molecule has 0 bridgehead atoms. The van der Waals surface area contributed by atoms with Crippen molar-refractivity contribution in [2.45, 2.75) is 12.6 Å². The summed E-state index contributed by atoms with van der Waals surface area (Å²) in [7, 11) is 2.00. The molecule has 0 aliphatic rings. The van der Waals surface area contributed by atoms with E-state index in [0.29, 0.717) is 18.8 Å². The zero-order valence-corrected chi connectivity index (χ0v) is 11.3. The zero-order chi connectivity index (χ0) is 13.9. The number of fused-ring (bicyclic) bond motifs is 1. The van der Waals surface area contributed by atoms with Gasteiger partial charge < -0.3 is 19.4 Å². The van der Waals surface area contributed by atoms with Gasteiger partial charge in [-0.1, -0.05) is 12.1 Å². The van der Waals surface area contributed by atoms with E-state index in [-0.39, 0.29) is 0 Å². The molecule has 5 nitrogen and oxygen atoms in total. The molecule has 3 aromatic rings. The average molecular weight is 271 g/mol. The normalized spacial score (nSPS) is 12.9. The van der Waals surface area contributed by atoms with Crippen LogP contribution in [0.15, 0.2) is 47.1 Å². The van der Waals surface area contributed by atoms with E-state index in [9.17, 15) is 5.11 Å². The quantitative estimate of drug-likeness (QED) is 0.745. The van der Waals surface area contributed by atoms with Crippen LogP contribution in [-0.4, -0.2) is 21.2 Å². The largest absolute Gasteiger partial charge is 0.467 e. The van der Waals surface area contributed by atoms with Crippen molar-refractivity contribution in [1.29, 1.82) is 0 Å². The number of rotatable bonds is 5. The minimum absolute atomic E-state index is 0.427. The third kappa shape index (κ3) is 2.45. The number of hydrogen-bond acceptors (Lipinski definition) is 4. The minimum Gasteiger partial charge on any atom is -0.467 e. The Kier molecular flexibility index (Phi) is 3.54. The monoisotopic (exact) mass is 271 g/mol. The van der Waals surface area contributed by atoms with E-state index in [4.69, 9.17) is 4.42 Å². The van der Waals surface area contributed by atoms with Crippen molar-refractivity contribution >= 4 is 11.0 Å². The summed E-state index contributed by atoms with van der Waals surface area (Å²) in [6.45, 7) is 1.03. The van der Waals surface area contributed by atoms with E-state index in [0.717, 1.165) is 16.9 Å². The molecular weight excluding hydrogens is 254 g/mol. The highest BCUT2D eigenvalue weighted by Crippen LogP contribution is 2.15. The van der Waals surface area contributed by atoms with Crippen LogP contribution in [0.25, 0.3) is 11.0 Å². The smallest absolute Gasteiger partial charge is 0.133 e. The van der Waals surface area contributed by atoms with Gasteiger partial charge >= 0.3 is 0 Å². The Hall–Kier alpha value is -2.11. The van der Waals surface area contributed by atoms with Crippen LogP contribution in [0.1, 0.15) is 17.7 Å². The van der Waals surface area contributed by atoms with E-state index >= 15 is 0 Å². The number of aromatic nitrogens is 2. The minimum atomic E-state index is -0.639. The number of hydrogen-bond donors (Lipinski definition) is 2. The van der Waals surface area contributed by atoms with Crippen LogP contribution in [-0.2, 0) is 13.6 Å². The lowest BCUT2D eigenvalue weighted by Crippen LogP contribution is -2.22. The molecule has 0 aliphatic carbocycles. The van der Waals surface area contributed by atoms with Gasteiger partial charge in [-0.15, -0.1) is 0 Å². The van der Waals surface area contributed by atoms with Crippen LogP contribution in [0.5, 0.6) is 0 Å². The summed E-state index contributed by atoms with van der Waals surface area (Å²) in [6.07, 6.45) is 0.920. The van der Waals surface area contributed by atoms with Gasteiger partial charge in [0.05, 0.1) is 23.8 Å². The molecule has 0 amide bonds. The lowest BCUT2D eigenvalue weighted by Gasteiger charge is -2.09. The Morgan fingerprint density at radius 2 is 2.15 bits per heavy atom. The number of para-hydroxylation sites is 2. The average Bonchev–Trinajstić information content (AvgIpc) is 3.09. The molecule has 0 spiro atoms. The van der Waals surface area contributed by atoms with Gasteiger partial charge in [0, 0.05) is 13.6 Å². The van der Waals surface area contributed by atoms with Crippen molar-refractivity contribution in [3.8, 4) is 0 Å². The molecule has 1 aromatic carbocycles. The van der Waals surface area contributed by atoms with E-state index in [1.165, 1.54) is 0 Å². The van der Waals surface area contributed by atoms with Crippen LogP contribution in [0.3, 0.4) is 0 Å². The number of furan rings is 1. The number of aryl methyl sites for hydroxylation is 1. The maximum absolute atomic E-state index is 9.91. The second kappa shape index (κ2) is 5.48. The van der Waals surface area contributed by atoms with Crippen LogP contribution >= 0.6 is 0 Å². The van der Waals surface area contributed by atoms with E-state index < -0.39 is 6.10 Å². The maximum atomic E-state index is 9.91. The molecule has 0 aliphatic heterocycles. The Morgan fingerprint density at radius 1 is 1.30 bits per heavy atom. The molecule has 20 heavy (non-hydrogen) atoms. The van der Waals surface area contributed by atoms with Crippen molar-refractivity contribution in [1.82, 2.24) is 14.9 Å². The van der Waals surface area contributed by atoms with Gasteiger partial charge in [-0.25, -0.2) is 4.98 Å². The van der Waals surface area contributed by atoms with Gasteiger partial charge in [0.2, 0.25) is 0 Å². The third-order valence-electron chi connectivity index (χ3n) is 3.37. The molecule has 1 atom stereocenters. The molecule has 2 aromatic heterocycles. The highest BCUT2D eigenvalue weighted by molar-refractivity contribution is 5.75. The third-order valence-corrected chi connectivity index (χ3v) is 3.37. The number of benzene rings is 1. The highest BCUT2D eigenvalue weighted by atomic mass is 16.4. The number of nitrogens with one attached hydrogen (secondary N) is 1. The van der Waals surface area contributed by atoms with Crippen molar-refractivity contribution < 1.29 is 9.52 Å². The predicted molar refractivity (Wildman–Crippen MR) is 76.1 cm³/mol. The van der Waals surface area contributed by atoms with Crippen molar-refractivity contribution in [2.24, 2.45) is 7.05 Å². The van der Waals surface area contributed by atoms with Gasteiger partial charge in [0.1, 0.15) is 17.7 Å². The van der Waals surface area contributed by atoms with Crippen molar-refractivity contribution in [3.05, 3.63) is 54.2 Å². The lowest BCUT2D eigenvalue weighted by molar-refractivity contribution is 0.147.